The molecular weight excluding hydrogens is 881 g/mol. The number of rotatable bonds is 11. The van der Waals surface area contributed by atoms with Crippen LogP contribution in [0, 0.1) is 17.7 Å². The molecule has 6 heterocycles. The predicted molar refractivity (Wildman–Crippen MR) is 248 cm³/mol. The highest BCUT2D eigenvalue weighted by Gasteiger charge is 2.40. The molecule has 2 fully saturated rings. The first-order valence-corrected chi connectivity index (χ1v) is 22.9. The van der Waals surface area contributed by atoms with E-state index in [4.69, 9.17) is 30.8 Å². The molecule has 4 amide bonds. The number of benzene rings is 3. The lowest BCUT2D eigenvalue weighted by atomic mass is 10.0. The monoisotopic (exact) mass is 933 g/mol. The average molecular weight is 934 g/mol. The number of methoxy groups -OCH3 is 2. The fourth-order valence-electron chi connectivity index (χ4n) is 9.68. The molecule has 0 aliphatic carbocycles. The van der Waals surface area contributed by atoms with E-state index in [1.807, 2.05) is 80.8 Å². The number of aromatic amines is 2. The van der Waals surface area contributed by atoms with E-state index in [2.05, 4.69) is 25.6 Å². The number of likely N-dealkylation sites (tertiary alicyclic amines) is 2. The van der Waals surface area contributed by atoms with Crippen LogP contribution in [0.3, 0.4) is 0 Å². The highest BCUT2D eigenvalue weighted by Crippen LogP contribution is 2.51. The third-order valence-electron chi connectivity index (χ3n) is 13.1. The molecule has 3 aliphatic rings. The minimum Gasteiger partial charge on any atom is -0.465 e. The van der Waals surface area contributed by atoms with Crippen molar-refractivity contribution in [2.45, 2.75) is 83.8 Å². The van der Waals surface area contributed by atoms with Crippen LogP contribution in [0.25, 0.3) is 44.7 Å². The smallest absolute Gasteiger partial charge is 0.407 e. The molecule has 16 nitrogen and oxygen atoms in total. The first kappa shape index (κ1) is 45.3. The summed E-state index contributed by atoms with van der Waals surface area (Å²) < 4.78 is 35.2. The number of hydrogen-bond acceptors (Lipinski definition) is 9. The van der Waals surface area contributed by atoms with Crippen LogP contribution in [0.15, 0.2) is 73.1 Å². The number of nitrogens with one attached hydrogen (secondary N) is 4. The maximum absolute atomic E-state index is 16.9. The Morgan fingerprint density at radius 2 is 1.33 bits per heavy atom. The number of alkyl carbamates (subject to hydrolysis) is 2. The van der Waals surface area contributed by atoms with Crippen molar-refractivity contribution in [1.29, 1.82) is 0 Å². The molecule has 5 atom stereocenters. The van der Waals surface area contributed by atoms with E-state index in [0.29, 0.717) is 76.4 Å². The Hall–Kier alpha value is -6.88. The Kier molecular flexibility index (Phi) is 12.5. The van der Waals surface area contributed by atoms with Crippen LogP contribution in [0.2, 0.25) is 5.02 Å². The maximum atomic E-state index is 16.9. The van der Waals surface area contributed by atoms with E-state index in [-0.39, 0.29) is 41.3 Å². The highest BCUT2D eigenvalue weighted by atomic mass is 35.5. The van der Waals surface area contributed by atoms with Crippen molar-refractivity contribution in [3.8, 4) is 39.5 Å². The Labute approximate surface area is 391 Å². The van der Waals surface area contributed by atoms with Crippen LogP contribution in [-0.4, -0.2) is 97.7 Å². The summed E-state index contributed by atoms with van der Waals surface area (Å²) in [5.41, 5.74) is 4.74. The number of hydrogen-bond donors (Lipinski definition) is 4. The molecule has 0 saturated carbocycles. The standard InChI is InChI=1S/C49H53ClFN9O7/c1-25(2)40(56-48(63)65-5)45(61)58-18-10-14-35(58)43-52-23-32(54-43)28-16-17-34-30(20-28)39(50)42-38-31(51)21-29(22-37(38)67-47(60(34)42)27-12-8-7-9-13-27)33-24-53-44(55-33)36-15-11-19-59(36)46(62)41(26(3)4)57-49(64)66-6/h7-9,12-13,16-17,20-26,35-36,40-41,47H,10-11,14-15,18-19H2,1-6H3,(H,52,54)(H,53,55)(H,56,63)(H,57,64)/t35-,36-,40-,41-,47?/m0/s1. The van der Waals surface area contributed by atoms with Gasteiger partial charge >= 0.3 is 12.2 Å². The number of halogens is 2. The van der Waals surface area contributed by atoms with Gasteiger partial charge in [-0.1, -0.05) is 75.7 Å². The van der Waals surface area contributed by atoms with Crippen LogP contribution in [-0.2, 0) is 19.1 Å². The fraction of sp³-hybridized carbons (Fsp3) is 0.388. The normalized spacial score (nSPS) is 18.7. The number of aromatic nitrogens is 5. The summed E-state index contributed by atoms with van der Waals surface area (Å²) in [4.78, 5) is 71.5. The van der Waals surface area contributed by atoms with E-state index in [1.54, 1.807) is 28.3 Å². The molecule has 350 valence electrons. The number of nitrogens with zero attached hydrogens (tertiary/aromatic N) is 5. The first-order valence-electron chi connectivity index (χ1n) is 22.6. The van der Waals surface area contributed by atoms with Gasteiger partial charge in [-0.2, -0.15) is 0 Å². The van der Waals surface area contributed by atoms with Gasteiger partial charge in [-0.15, -0.1) is 0 Å². The number of imidazole rings is 2. The molecule has 67 heavy (non-hydrogen) atoms. The molecule has 6 aromatic rings. The Morgan fingerprint density at radius 3 is 1.87 bits per heavy atom. The minimum absolute atomic E-state index is 0.166. The molecule has 2 saturated heterocycles. The molecule has 0 bridgehead atoms. The van der Waals surface area contributed by atoms with E-state index in [0.717, 1.165) is 29.5 Å². The lowest BCUT2D eigenvalue weighted by Gasteiger charge is -2.31. The van der Waals surface area contributed by atoms with Gasteiger partial charge in [0.15, 0.2) is 0 Å². The number of H-pyrrole nitrogens is 2. The minimum atomic E-state index is -0.784. The van der Waals surface area contributed by atoms with E-state index in [1.165, 1.54) is 20.3 Å². The second kappa shape index (κ2) is 18.4. The fourth-order valence-corrected chi connectivity index (χ4v) is 10.0. The van der Waals surface area contributed by atoms with Gasteiger partial charge in [-0.25, -0.2) is 23.9 Å². The number of fused-ring (bicyclic) bond motifs is 5. The van der Waals surface area contributed by atoms with Crippen molar-refractivity contribution in [1.82, 2.24) is 44.9 Å². The van der Waals surface area contributed by atoms with Gasteiger partial charge in [0.2, 0.25) is 18.0 Å². The summed E-state index contributed by atoms with van der Waals surface area (Å²) in [5.74, 6) is 0.128. The second-order valence-corrected chi connectivity index (χ2v) is 18.3. The van der Waals surface area contributed by atoms with Gasteiger partial charge in [0.25, 0.3) is 0 Å². The number of carbonyl (C=O) groups is 4. The van der Waals surface area contributed by atoms with Gasteiger partial charge < -0.3 is 44.6 Å². The molecule has 0 radical (unpaired) electrons. The van der Waals surface area contributed by atoms with Gasteiger partial charge in [0.1, 0.15) is 35.3 Å². The molecular formula is C49H53ClFN9O7. The zero-order valence-electron chi connectivity index (χ0n) is 38.1. The summed E-state index contributed by atoms with van der Waals surface area (Å²) in [6.07, 6.45) is 4.18. The average Bonchev–Trinajstić information content (AvgIpc) is 4.19. The summed E-state index contributed by atoms with van der Waals surface area (Å²) >= 11 is 7.37. The van der Waals surface area contributed by atoms with Crippen molar-refractivity contribution < 1.29 is 37.8 Å². The molecule has 3 aromatic heterocycles. The number of carbonyl (C=O) groups excluding carboxylic acids is 4. The van der Waals surface area contributed by atoms with Crippen molar-refractivity contribution >= 4 is 46.5 Å². The van der Waals surface area contributed by atoms with E-state index < -0.39 is 36.3 Å². The topological polar surface area (TPSA) is 189 Å². The summed E-state index contributed by atoms with van der Waals surface area (Å²) in [5, 5.41) is 6.38. The predicted octanol–water partition coefficient (Wildman–Crippen LogP) is 8.91. The summed E-state index contributed by atoms with van der Waals surface area (Å²) in [6, 6.07) is 16.4. The van der Waals surface area contributed by atoms with Crippen molar-refractivity contribution in [3.05, 3.63) is 101 Å². The van der Waals surface area contributed by atoms with Crippen LogP contribution in [0.1, 0.15) is 88.9 Å². The molecule has 4 N–H and O–H groups in total. The Morgan fingerprint density at radius 1 is 0.776 bits per heavy atom. The third kappa shape index (κ3) is 8.34. The van der Waals surface area contributed by atoms with Crippen LogP contribution in [0.4, 0.5) is 14.0 Å². The van der Waals surface area contributed by atoms with Gasteiger partial charge in [0.05, 0.1) is 71.9 Å². The second-order valence-electron chi connectivity index (χ2n) is 17.9. The van der Waals surface area contributed by atoms with Crippen LogP contribution in [0.5, 0.6) is 5.75 Å². The molecule has 3 aromatic carbocycles. The Balaban J connectivity index is 1.04. The highest BCUT2D eigenvalue weighted by molar-refractivity contribution is 6.39. The summed E-state index contributed by atoms with van der Waals surface area (Å²) in [7, 11) is 2.53. The number of amides is 4. The molecule has 18 heteroatoms. The molecule has 0 spiro atoms. The zero-order chi connectivity index (χ0) is 47.3. The van der Waals surface area contributed by atoms with Gasteiger partial charge in [0, 0.05) is 35.2 Å². The van der Waals surface area contributed by atoms with E-state index in [9.17, 15) is 19.2 Å². The van der Waals surface area contributed by atoms with E-state index >= 15 is 4.39 Å². The summed E-state index contributed by atoms with van der Waals surface area (Å²) in [6.45, 7) is 8.49. The van der Waals surface area contributed by atoms with Crippen LogP contribution < -0.4 is 15.4 Å². The number of ether oxygens (including phenoxy) is 3. The quantitative estimate of drug-likeness (QED) is 0.0984. The van der Waals surface area contributed by atoms with Gasteiger partial charge in [-0.3, -0.25) is 14.2 Å². The van der Waals surface area contributed by atoms with Crippen LogP contribution >= 0.6 is 11.6 Å². The SMILES string of the molecule is COC(=O)N[C@H](C(=O)N1CCC[C@H]1c1ncc(-c2cc(F)c3c(c2)OC(c2ccccc2)n2c-3c(Cl)c3cc(-c4cnc([C@@H]5CCCN5C(=O)[C@@H](NC(=O)OC)C(C)C)[nH]4)ccc32)[nH]1)C(C)C. The maximum Gasteiger partial charge on any atom is 0.407 e. The van der Waals surface area contributed by atoms with Crippen molar-refractivity contribution in [2.24, 2.45) is 11.8 Å². The zero-order valence-corrected chi connectivity index (χ0v) is 38.8. The third-order valence-corrected chi connectivity index (χ3v) is 13.5. The van der Waals surface area contributed by atoms with Gasteiger partial charge in [-0.05, 0) is 61.8 Å². The lowest BCUT2D eigenvalue weighted by Crippen LogP contribution is -2.51. The molecule has 1 unspecified atom stereocenters. The van der Waals surface area contributed by atoms with Crippen molar-refractivity contribution in [2.75, 3.05) is 27.3 Å². The molecule has 3 aliphatic heterocycles. The Bertz CT molecular complexity index is 2860. The largest absolute Gasteiger partial charge is 0.465 e. The molecule has 9 rings (SSSR count). The van der Waals surface area contributed by atoms with Crippen molar-refractivity contribution in [3.63, 3.8) is 0 Å². The lowest BCUT2D eigenvalue weighted by molar-refractivity contribution is -0.136. The first-order chi connectivity index (χ1) is 32.3.